The van der Waals surface area contributed by atoms with Gasteiger partial charge >= 0.3 is 0 Å². The summed E-state index contributed by atoms with van der Waals surface area (Å²) in [7, 11) is 0. The summed E-state index contributed by atoms with van der Waals surface area (Å²) in [5.74, 6) is 0.723. The van der Waals surface area contributed by atoms with Gasteiger partial charge in [-0.2, -0.15) is 9.61 Å². The average Bonchev–Trinajstić information content (AvgIpc) is 3.15. The Morgan fingerprint density at radius 2 is 2.10 bits per heavy atom. The summed E-state index contributed by atoms with van der Waals surface area (Å²) in [4.78, 5) is 2.10. The zero-order valence-corrected chi connectivity index (χ0v) is 13.1. The molecular weight excluding hydrogens is 324 g/mol. The lowest BCUT2D eigenvalue weighted by Crippen LogP contribution is -1.92. The van der Waals surface area contributed by atoms with Crippen molar-refractivity contribution in [3.63, 3.8) is 0 Å². The van der Waals surface area contributed by atoms with Crippen molar-refractivity contribution in [3.8, 4) is 11.4 Å². The van der Waals surface area contributed by atoms with Gasteiger partial charge in [0.05, 0.1) is 0 Å². The minimum absolute atomic E-state index is 0.679. The maximum Gasteiger partial charge on any atom is 0.234 e. The van der Waals surface area contributed by atoms with Crippen LogP contribution in [0.3, 0.4) is 0 Å². The quantitative estimate of drug-likeness (QED) is 0.566. The molecule has 0 aliphatic carbocycles. The molecular formula is C14H9ClN4S2. The van der Waals surface area contributed by atoms with E-state index in [2.05, 4.69) is 32.8 Å². The van der Waals surface area contributed by atoms with Gasteiger partial charge in [0.15, 0.2) is 5.82 Å². The lowest BCUT2D eigenvalue weighted by Gasteiger charge is -1.97. The van der Waals surface area contributed by atoms with Crippen molar-refractivity contribution in [3.05, 3.63) is 56.7 Å². The van der Waals surface area contributed by atoms with Gasteiger partial charge in [0.2, 0.25) is 4.96 Å². The Hall–Kier alpha value is -1.76. The molecule has 4 nitrogen and oxygen atoms in total. The molecule has 3 aromatic heterocycles. The van der Waals surface area contributed by atoms with Crippen LogP contribution in [0, 0.1) is 0 Å². The fourth-order valence-electron chi connectivity index (χ4n) is 2.10. The third-order valence-electron chi connectivity index (χ3n) is 3.02. The summed E-state index contributed by atoms with van der Waals surface area (Å²) >= 11 is 9.34. The summed E-state index contributed by atoms with van der Waals surface area (Å²) in [6, 6.07) is 11.7. The molecule has 0 atom stereocenters. The van der Waals surface area contributed by atoms with Crippen molar-refractivity contribution in [1.29, 1.82) is 0 Å². The lowest BCUT2D eigenvalue weighted by atomic mass is 10.2. The summed E-state index contributed by atoms with van der Waals surface area (Å²) in [5, 5.41) is 16.8. The van der Waals surface area contributed by atoms with Gasteiger partial charge in [-0.15, -0.1) is 21.5 Å². The Bertz CT molecular complexity index is 895. The molecule has 0 aliphatic heterocycles. The van der Waals surface area contributed by atoms with E-state index in [0.717, 1.165) is 27.8 Å². The van der Waals surface area contributed by atoms with Crippen molar-refractivity contribution in [1.82, 2.24) is 19.8 Å². The molecule has 0 saturated carbocycles. The van der Waals surface area contributed by atoms with Gasteiger partial charge in [0.1, 0.15) is 5.01 Å². The molecule has 7 heteroatoms. The Labute approximate surface area is 133 Å². The first kappa shape index (κ1) is 12.9. The summed E-state index contributed by atoms with van der Waals surface area (Å²) in [6.45, 7) is 0. The monoisotopic (exact) mass is 332 g/mol. The first-order valence-electron chi connectivity index (χ1n) is 6.29. The predicted molar refractivity (Wildman–Crippen MR) is 86.2 cm³/mol. The number of aromatic nitrogens is 4. The third kappa shape index (κ3) is 2.46. The van der Waals surface area contributed by atoms with Crippen molar-refractivity contribution in [2.45, 2.75) is 6.42 Å². The highest BCUT2D eigenvalue weighted by Gasteiger charge is 2.14. The fourth-order valence-corrected chi connectivity index (χ4v) is 3.94. The van der Waals surface area contributed by atoms with Crippen LogP contribution in [0.1, 0.15) is 9.88 Å². The number of thiophene rings is 1. The number of hydrogen-bond donors (Lipinski definition) is 0. The van der Waals surface area contributed by atoms with Crippen molar-refractivity contribution in [2.75, 3.05) is 0 Å². The van der Waals surface area contributed by atoms with Gasteiger partial charge in [0, 0.05) is 21.9 Å². The molecule has 0 bridgehead atoms. The topological polar surface area (TPSA) is 43.1 Å². The highest BCUT2D eigenvalue weighted by atomic mass is 35.5. The number of fused-ring (bicyclic) bond motifs is 1. The molecule has 0 saturated heterocycles. The molecule has 0 N–H and O–H groups in total. The molecule has 104 valence electrons. The Morgan fingerprint density at radius 1 is 1.14 bits per heavy atom. The molecule has 0 fully saturated rings. The van der Waals surface area contributed by atoms with Crippen LogP contribution in [-0.2, 0) is 6.42 Å². The maximum absolute atomic E-state index is 6.04. The normalized spacial score (nSPS) is 11.3. The third-order valence-corrected chi connectivity index (χ3v) is 5.03. The van der Waals surface area contributed by atoms with Gasteiger partial charge in [-0.1, -0.05) is 41.1 Å². The highest BCUT2D eigenvalue weighted by molar-refractivity contribution is 7.17. The molecule has 1 aromatic carbocycles. The number of hydrogen-bond acceptors (Lipinski definition) is 5. The number of nitrogens with zero attached hydrogens (tertiary/aromatic N) is 4. The smallest absolute Gasteiger partial charge is 0.183 e. The highest BCUT2D eigenvalue weighted by Crippen LogP contribution is 2.25. The molecule has 4 aromatic rings. The second-order valence-electron chi connectivity index (χ2n) is 4.48. The van der Waals surface area contributed by atoms with E-state index >= 15 is 0 Å². The van der Waals surface area contributed by atoms with Crippen LogP contribution in [0.2, 0.25) is 5.02 Å². The van der Waals surface area contributed by atoms with Crippen molar-refractivity contribution < 1.29 is 0 Å². The standard InChI is InChI=1S/C14H9ClN4S2/c15-10-4-1-3-9(7-10)13-16-17-14-19(13)18-12(21-14)8-11-5-2-6-20-11/h1-7H,8H2. The zero-order chi connectivity index (χ0) is 14.2. The van der Waals surface area contributed by atoms with Crippen LogP contribution in [-0.4, -0.2) is 19.8 Å². The van der Waals surface area contributed by atoms with Gasteiger partial charge in [0.25, 0.3) is 0 Å². The summed E-state index contributed by atoms with van der Waals surface area (Å²) < 4.78 is 1.79. The average molecular weight is 333 g/mol. The minimum atomic E-state index is 0.679. The number of rotatable bonds is 3. The van der Waals surface area contributed by atoms with Gasteiger partial charge in [-0.25, -0.2) is 0 Å². The number of benzene rings is 1. The van der Waals surface area contributed by atoms with Crippen LogP contribution in [0.4, 0.5) is 0 Å². The Morgan fingerprint density at radius 3 is 2.90 bits per heavy atom. The van der Waals surface area contributed by atoms with Gasteiger partial charge in [-0.3, -0.25) is 0 Å². The number of halogens is 1. The van der Waals surface area contributed by atoms with Crippen LogP contribution < -0.4 is 0 Å². The van der Waals surface area contributed by atoms with E-state index in [0.29, 0.717) is 5.02 Å². The molecule has 0 aliphatic rings. The van der Waals surface area contributed by atoms with E-state index in [-0.39, 0.29) is 0 Å². The molecule has 0 amide bonds. The predicted octanol–water partition coefficient (Wildman–Crippen LogP) is 4.16. The Balaban J connectivity index is 1.76. The minimum Gasteiger partial charge on any atom is -0.183 e. The molecule has 0 radical (unpaired) electrons. The van der Waals surface area contributed by atoms with E-state index in [9.17, 15) is 0 Å². The maximum atomic E-state index is 6.04. The zero-order valence-electron chi connectivity index (χ0n) is 10.7. The van der Waals surface area contributed by atoms with Gasteiger partial charge < -0.3 is 0 Å². The van der Waals surface area contributed by atoms with Gasteiger partial charge in [-0.05, 0) is 23.6 Å². The van der Waals surface area contributed by atoms with E-state index < -0.39 is 0 Å². The van der Waals surface area contributed by atoms with E-state index in [4.69, 9.17) is 11.6 Å². The van der Waals surface area contributed by atoms with Crippen LogP contribution in [0.15, 0.2) is 41.8 Å². The lowest BCUT2D eigenvalue weighted by molar-refractivity contribution is 0.921. The Kier molecular flexibility index (Phi) is 3.21. The molecule has 21 heavy (non-hydrogen) atoms. The molecule has 0 unspecified atom stereocenters. The second kappa shape index (κ2) is 5.22. The van der Waals surface area contributed by atoms with Crippen LogP contribution >= 0.6 is 34.3 Å². The largest absolute Gasteiger partial charge is 0.234 e. The second-order valence-corrected chi connectivity index (χ2v) is 6.99. The fraction of sp³-hybridized carbons (Fsp3) is 0.0714. The SMILES string of the molecule is Clc1cccc(-c2nnc3sc(Cc4cccs4)nn23)c1. The van der Waals surface area contributed by atoms with Crippen LogP contribution in [0.25, 0.3) is 16.3 Å². The van der Waals surface area contributed by atoms with Crippen molar-refractivity contribution in [2.24, 2.45) is 0 Å². The molecule has 3 heterocycles. The van der Waals surface area contributed by atoms with Crippen LogP contribution in [0.5, 0.6) is 0 Å². The first-order chi connectivity index (χ1) is 10.3. The molecule has 4 rings (SSSR count). The first-order valence-corrected chi connectivity index (χ1v) is 8.36. The van der Waals surface area contributed by atoms with E-state index in [1.54, 1.807) is 27.2 Å². The van der Waals surface area contributed by atoms with Crippen molar-refractivity contribution >= 4 is 39.2 Å². The van der Waals surface area contributed by atoms with E-state index in [1.807, 2.05) is 24.3 Å². The van der Waals surface area contributed by atoms with E-state index in [1.165, 1.54) is 4.88 Å². The summed E-state index contributed by atoms with van der Waals surface area (Å²) in [6.07, 6.45) is 0.834. The summed E-state index contributed by atoms with van der Waals surface area (Å²) in [5.41, 5.74) is 0.919. The molecule has 0 spiro atoms.